The van der Waals surface area contributed by atoms with Gasteiger partial charge < -0.3 is 20.5 Å². The van der Waals surface area contributed by atoms with Gasteiger partial charge in [0.1, 0.15) is 11.9 Å². The lowest BCUT2D eigenvalue weighted by Gasteiger charge is -2.25. The molecule has 1 heterocycles. The first kappa shape index (κ1) is 18.9. The minimum absolute atomic E-state index is 0.121. The van der Waals surface area contributed by atoms with Crippen LogP contribution in [0.15, 0.2) is 42.5 Å². The first-order valence-corrected chi connectivity index (χ1v) is 9.08. The molecule has 1 aliphatic rings. The number of ether oxygens (including phenoxy) is 1. The van der Waals surface area contributed by atoms with Gasteiger partial charge in [-0.25, -0.2) is 0 Å². The molecule has 3 rings (SSSR count). The van der Waals surface area contributed by atoms with E-state index in [1.807, 2.05) is 19.1 Å². The Kier molecular flexibility index (Phi) is 5.76. The van der Waals surface area contributed by atoms with Crippen molar-refractivity contribution >= 4 is 17.5 Å². The summed E-state index contributed by atoms with van der Waals surface area (Å²) in [5.74, 6) is 0.163. The van der Waals surface area contributed by atoms with Crippen molar-refractivity contribution in [1.29, 1.82) is 0 Å². The van der Waals surface area contributed by atoms with Crippen LogP contribution in [0.2, 0.25) is 0 Å². The lowest BCUT2D eigenvalue weighted by atomic mass is 9.96. The molecule has 0 saturated heterocycles. The van der Waals surface area contributed by atoms with Gasteiger partial charge in [-0.2, -0.15) is 0 Å². The van der Waals surface area contributed by atoms with E-state index in [9.17, 15) is 14.7 Å². The van der Waals surface area contributed by atoms with E-state index in [1.54, 1.807) is 37.4 Å². The smallest absolute Gasteiger partial charge is 0.251 e. The Morgan fingerprint density at radius 3 is 2.78 bits per heavy atom. The molecule has 2 aromatic carbocycles. The third-order valence-electron chi connectivity index (χ3n) is 4.79. The van der Waals surface area contributed by atoms with Crippen molar-refractivity contribution in [2.24, 2.45) is 0 Å². The molecule has 0 aliphatic carbocycles. The number of hydrogen-bond donors (Lipinski definition) is 3. The predicted molar refractivity (Wildman–Crippen MR) is 103 cm³/mol. The van der Waals surface area contributed by atoms with E-state index < -0.39 is 12.1 Å². The van der Waals surface area contributed by atoms with Crippen molar-refractivity contribution in [3.8, 4) is 5.75 Å². The van der Waals surface area contributed by atoms with Gasteiger partial charge in [0.15, 0.2) is 0 Å². The van der Waals surface area contributed by atoms with Gasteiger partial charge in [-0.05, 0) is 30.2 Å². The van der Waals surface area contributed by atoms with Gasteiger partial charge in [-0.3, -0.25) is 9.59 Å². The van der Waals surface area contributed by atoms with Gasteiger partial charge in [0.2, 0.25) is 5.91 Å². The van der Waals surface area contributed by atoms with Crippen molar-refractivity contribution in [2.45, 2.75) is 38.3 Å². The molecule has 142 valence electrons. The third kappa shape index (κ3) is 3.95. The van der Waals surface area contributed by atoms with E-state index in [0.29, 0.717) is 34.5 Å². The topological polar surface area (TPSA) is 87.7 Å². The third-order valence-corrected chi connectivity index (χ3v) is 4.79. The molecule has 0 bridgehead atoms. The monoisotopic (exact) mass is 368 g/mol. The summed E-state index contributed by atoms with van der Waals surface area (Å²) < 4.78 is 5.34. The molecule has 27 heavy (non-hydrogen) atoms. The fourth-order valence-corrected chi connectivity index (χ4v) is 3.46. The van der Waals surface area contributed by atoms with Crippen LogP contribution in [0.1, 0.15) is 47.4 Å². The lowest BCUT2D eigenvalue weighted by Crippen LogP contribution is -2.39. The number of benzene rings is 2. The number of aliphatic hydroxyl groups excluding tert-OH is 1. The average Bonchev–Trinajstić information content (AvgIpc) is 3.07. The molecule has 6 heteroatoms. The standard InChI is InChI=1S/C21H24N2O4/c1-3-7-17(20(25)14-8-4-5-11-18(14)27-2)23-21(26)13-9-6-10-16-15(13)12-19(24)22-16/h4-6,8-11,17,20,25H,3,7,12H2,1-2H3,(H,22,24)(H,23,26)/t17-,20+/m1/s1. The highest BCUT2D eigenvalue weighted by atomic mass is 16.5. The van der Waals surface area contributed by atoms with Gasteiger partial charge in [0.25, 0.3) is 5.91 Å². The number of fused-ring (bicyclic) bond motifs is 1. The maximum atomic E-state index is 12.9. The minimum atomic E-state index is -0.901. The molecule has 0 radical (unpaired) electrons. The van der Waals surface area contributed by atoms with Crippen LogP contribution >= 0.6 is 0 Å². The highest BCUT2D eigenvalue weighted by Gasteiger charge is 2.28. The van der Waals surface area contributed by atoms with Crippen LogP contribution in [0.4, 0.5) is 5.69 Å². The van der Waals surface area contributed by atoms with Crippen molar-refractivity contribution in [1.82, 2.24) is 5.32 Å². The summed E-state index contributed by atoms with van der Waals surface area (Å²) in [5, 5.41) is 16.6. The van der Waals surface area contributed by atoms with E-state index in [4.69, 9.17) is 4.74 Å². The van der Waals surface area contributed by atoms with Crippen LogP contribution in [-0.2, 0) is 11.2 Å². The molecule has 0 saturated carbocycles. The Morgan fingerprint density at radius 2 is 2.04 bits per heavy atom. The number of para-hydroxylation sites is 1. The SMILES string of the molecule is CCC[C@@H](NC(=O)c1cccc2c1CC(=O)N2)[C@@H](O)c1ccccc1OC. The number of anilines is 1. The van der Waals surface area contributed by atoms with E-state index in [2.05, 4.69) is 10.6 Å². The summed E-state index contributed by atoms with van der Waals surface area (Å²) in [7, 11) is 1.55. The van der Waals surface area contributed by atoms with Gasteiger partial charge in [0.05, 0.1) is 19.6 Å². The molecular weight excluding hydrogens is 344 g/mol. The predicted octanol–water partition coefficient (Wildman–Crippen LogP) is 2.82. The Morgan fingerprint density at radius 1 is 1.26 bits per heavy atom. The Bertz CT molecular complexity index is 850. The van der Waals surface area contributed by atoms with Crippen LogP contribution in [0.5, 0.6) is 5.75 Å². The van der Waals surface area contributed by atoms with Gasteiger partial charge in [0, 0.05) is 16.8 Å². The molecule has 2 atom stereocenters. The number of methoxy groups -OCH3 is 1. The number of amides is 2. The van der Waals surface area contributed by atoms with Crippen LogP contribution in [0.3, 0.4) is 0 Å². The average molecular weight is 368 g/mol. The van der Waals surface area contributed by atoms with Crippen molar-refractivity contribution in [2.75, 3.05) is 12.4 Å². The second-order valence-electron chi connectivity index (χ2n) is 6.61. The van der Waals surface area contributed by atoms with Gasteiger partial charge in [-0.1, -0.05) is 37.6 Å². The maximum absolute atomic E-state index is 12.9. The maximum Gasteiger partial charge on any atom is 0.251 e. The molecular formula is C21H24N2O4. The molecule has 1 aliphatic heterocycles. The summed E-state index contributed by atoms with van der Waals surface area (Å²) in [6.07, 6.45) is 0.690. The molecule has 0 fully saturated rings. The lowest BCUT2D eigenvalue weighted by molar-refractivity contribution is -0.115. The fraction of sp³-hybridized carbons (Fsp3) is 0.333. The van der Waals surface area contributed by atoms with Gasteiger partial charge in [-0.15, -0.1) is 0 Å². The van der Waals surface area contributed by atoms with Crippen molar-refractivity contribution in [3.63, 3.8) is 0 Å². The number of rotatable bonds is 7. The van der Waals surface area contributed by atoms with E-state index in [0.717, 1.165) is 6.42 Å². The second-order valence-corrected chi connectivity index (χ2v) is 6.61. The van der Waals surface area contributed by atoms with E-state index in [-0.39, 0.29) is 18.2 Å². The number of aliphatic hydroxyl groups is 1. The van der Waals surface area contributed by atoms with Crippen LogP contribution in [-0.4, -0.2) is 30.1 Å². The number of carbonyl (C=O) groups is 2. The Hall–Kier alpha value is -2.86. The number of carbonyl (C=O) groups excluding carboxylic acids is 2. The Labute approximate surface area is 158 Å². The van der Waals surface area contributed by atoms with Crippen LogP contribution < -0.4 is 15.4 Å². The molecule has 0 unspecified atom stereocenters. The van der Waals surface area contributed by atoms with E-state index >= 15 is 0 Å². The quantitative estimate of drug-likeness (QED) is 0.701. The van der Waals surface area contributed by atoms with Crippen molar-refractivity contribution in [3.05, 3.63) is 59.2 Å². The minimum Gasteiger partial charge on any atom is -0.496 e. The zero-order valence-electron chi connectivity index (χ0n) is 15.5. The van der Waals surface area contributed by atoms with Crippen molar-refractivity contribution < 1.29 is 19.4 Å². The highest BCUT2D eigenvalue weighted by Crippen LogP contribution is 2.30. The number of hydrogen-bond acceptors (Lipinski definition) is 4. The zero-order chi connectivity index (χ0) is 19.4. The largest absolute Gasteiger partial charge is 0.496 e. The van der Waals surface area contributed by atoms with E-state index in [1.165, 1.54) is 0 Å². The first-order chi connectivity index (χ1) is 13.0. The summed E-state index contributed by atoms with van der Waals surface area (Å²) >= 11 is 0. The first-order valence-electron chi connectivity index (χ1n) is 9.08. The normalized spacial score (nSPS) is 14.9. The highest BCUT2D eigenvalue weighted by molar-refractivity contribution is 6.05. The molecule has 2 aromatic rings. The fourth-order valence-electron chi connectivity index (χ4n) is 3.46. The molecule has 0 spiro atoms. The Balaban J connectivity index is 1.84. The van der Waals surface area contributed by atoms with Gasteiger partial charge >= 0.3 is 0 Å². The zero-order valence-corrected chi connectivity index (χ0v) is 15.5. The second kappa shape index (κ2) is 8.22. The van der Waals surface area contributed by atoms with Crippen LogP contribution in [0.25, 0.3) is 0 Å². The van der Waals surface area contributed by atoms with Crippen LogP contribution in [0, 0.1) is 0 Å². The summed E-state index contributed by atoms with van der Waals surface area (Å²) in [6, 6.07) is 12.0. The molecule has 3 N–H and O–H groups in total. The molecule has 2 amide bonds. The molecule has 6 nitrogen and oxygen atoms in total. The summed E-state index contributed by atoms with van der Waals surface area (Å²) in [4.78, 5) is 24.6. The molecule has 0 aromatic heterocycles. The number of nitrogens with one attached hydrogen (secondary N) is 2. The summed E-state index contributed by atoms with van der Waals surface area (Å²) in [5.41, 5.74) is 2.46. The summed E-state index contributed by atoms with van der Waals surface area (Å²) in [6.45, 7) is 2.00.